The summed E-state index contributed by atoms with van der Waals surface area (Å²) in [6.07, 6.45) is 0.879. The van der Waals surface area contributed by atoms with Gasteiger partial charge in [-0.2, -0.15) is 4.37 Å². The summed E-state index contributed by atoms with van der Waals surface area (Å²) < 4.78 is 4.26. The van der Waals surface area contributed by atoms with Gasteiger partial charge in [-0.3, -0.25) is 4.79 Å². The quantitative estimate of drug-likeness (QED) is 0.847. The lowest BCUT2D eigenvalue weighted by molar-refractivity contribution is -0.135. The molecule has 0 aliphatic rings. The van der Waals surface area contributed by atoms with Gasteiger partial charge in [-0.25, -0.2) is 4.98 Å². The Labute approximate surface area is 106 Å². The average Bonchev–Trinajstić information content (AvgIpc) is 2.73. The Bertz CT molecular complexity index is 379. The van der Waals surface area contributed by atoms with Gasteiger partial charge in [0.05, 0.1) is 0 Å². The Hall–Kier alpha value is -1.17. The zero-order chi connectivity index (χ0) is 13.0. The van der Waals surface area contributed by atoms with Crippen molar-refractivity contribution in [1.82, 2.24) is 9.36 Å². The monoisotopic (exact) mass is 257 g/mol. The number of carbonyl (C=O) groups is 1. The van der Waals surface area contributed by atoms with E-state index in [1.54, 1.807) is 4.90 Å². The summed E-state index contributed by atoms with van der Waals surface area (Å²) >= 11 is 1.27. The molecule has 6 heteroatoms. The van der Waals surface area contributed by atoms with Crippen molar-refractivity contribution in [2.24, 2.45) is 0 Å². The summed E-state index contributed by atoms with van der Waals surface area (Å²) in [6.45, 7) is 8.05. The average molecular weight is 257 g/mol. The van der Waals surface area contributed by atoms with Crippen LogP contribution in [-0.4, -0.2) is 33.0 Å². The number of hydrogen-bond donors (Lipinski definition) is 1. The number of anilines is 1. The predicted octanol–water partition coefficient (Wildman–Crippen LogP) is 2.35. The molecule has 1 heterocycles. The molecule has 5 nitrogen and oxygen atoms in total. The van der Waals surface area contributed by atoms with Gasteiger partial charge in [0, 0.05) is 23.5 Å². The second-order valence-corrected chi connectivity index (χ2v) is 5.10. The molecule has 0 radical (unpaired) electrons. The SMILES string of the molecule is CCC(C)N(CC(=O)O)c1nc(C(C)C)ns1. The van der Waals surface area contributed by atoms with Crippen molar-refractivity contribution in [3.8, 4) is 0 Å². The Morgan fingerprint density at radius 2 is 2.12 bits per heavy atom. The molecular weight excluding hydrogens is 238 g/mol. The molecule has 96 valence electrons. The summed E-state index contributed by atoms with van der Waals surface area (Å²) in [5.41, 5.74) is 0. The maximum Gasteiger partial charge on any atom is 0.323 e. The fraction of sp³-hybridized carbons (Fsp3) is 0.727. The predicted molar refractivity (Wildman–Crippen MR) is 68.7 cm³/mol. The third-order valence-electron chi connectivity index (χ3n) is 2.62. The molecule has 1 aromatic rings. The van der Waals surface area contributed by atoms with E-state index in [1.807, 2.05) is 27.7 Å². The number of rotatable bonds is 6. The highest BCUT2D eigenvalue weighted by Gasteiger charge is 2.20. The normalized spacial score (nSPS) is 12.8. The van der Waals surface area contributed by atoms with Crippen molar-refractivity contribution in [3.63, 3.8) is 0 Å². The molecule has 1 rings (SSSR count). The topological polar surface area (TPSA) is 66.3 Å². The molecule has 0 amide bonds. The Morgan fingerprint density at radius 3 is 2.53 bits per heavy atom. The van der Waals surface area contributed by atoms with E-state index in [2.05, 4.69) is 9.36 Å². The largest absolute Gasteiger partial charge is 0.480 e. The van der Waals surface area contributed by atoms with Crippen LogP contribution in [0.3, 0.4) is 0 Å². The van der Waals surface area contributed by atoms with Crippen LogP contribution in [0.15, 0.2) is 0 Å². The molecule has 1 aromatic heterocycles. The molecule has 0 fully saturated rings. The first-order valence-corrected chi connectivity index (χ1v) is 6.55. The number of nitrogens with zero attached hydrogens (tertiary/aromatic N) is 3. The molecule has 0 saturated heterocycles. The molecule has 0 aliphatic heterocycles. The van der Waals surface area contributed by atoms with Crippen molar-refractivity contribution in [2.75, 3.05) is 11.4 Å². The van der Waals surface area contributed by atoms with Gasteiger partial charge < -0.3 is 10.0 Å². The van der Waals surface area contributed by atoms with E-state index in [-0.39, 0.29) is 18.5 Å². The number of carboxylic acid groups (broad SMARTS) is 1. The van der Waals surface area contributed by atoms with E-state index in [0.29, 0.717) is 5.13 Å². The van der Waals surface area contributed by atoms with E-state index < -0.39 is 5.97 Å². The van der Waals surface area contributed by atoms with Gasteiger partial charge in [0.15, 0.2) is 0 Å². The second-order valence-electron chi connectivity index (χ2n) is 4.37. The first-order valence-electron chi connectivity index (χ1n) is 5.77. The lowest BCUT2D eigenvalue weighted by Crippen LogP contribution is -2.37. The third kappa shape index (κ3) is 3.66. The molecule has 0 saturated carbocycles. The Balaban J connectivity index is 2.91. The Morgan fingerprint density at radius 1 is 1.47 bits per heavy atom. The van der Waals surface area contributed by atoms with Crippen LogP contribution < -0.4 is 4.90 Å². The number of carboxylic acids is 1. The maximum absolute atomic E-state index is 10.9. The van der Waals surface area contributed by atoms with Gasteiger partial charge in [-0.05, 0) is 13.3 Å². The van der Waals surface area contributed by atoms with Crippen LogP contribution in [0.2, 0.25) is 0 Å². The van der Waals surface area contributed by atoms with Gasteiger partial charge in [0.2, 0.25) is 5.13 Å². The minimum Gasteiger partial charge on any atom is -0.480 e. The van der Waals surface area contributed by atoms with Crippen LogP contribution in [-0.2, 0) is 4.79 Å². The molecular formula is C11H19N3O2S. The van der Waals surface area contributed by atoms with E-state index in [9.17, 15) is 4.79 Å². The minimum absolute atomic E-state index is 0.0261. The van der Waals surface area contributed by atoms with E-state index in [1.165, 1.54) is 11.5 Å². The summed E-state index contributed by atoms with van der Waals surface area (Å²) in [6, 6.07) is 0.152. The van der Waals surface area contributed by atoms with Crippen molar-refractivity contribution in [3.05, 3.63) is 5.82 Å². The van der Waals surface area contributed by atoms with Gasteiger partial charge >= 0.3 is 5.97 Å². The molecule has 0 aliphatic carbocycles. The van der Waals surface area contributed by atoms with E-state index in [0.717, 1.165) is 12.2 Å². The van der Waals surface area contributed by atoms with Crippen LogP contribution in [0.5, 0.6) is 0 Å². The molecule has 0 bridgehead atoms. The van der Waals surface area contributed by atoms with Gasteiger partial charge in [0.1, 0.15) is 12.4 Å². The molecule has 1 N–H and O–H groups in total. The number of aliphatic carboxylic acids is 1. The number of hydrogen-bond acceptors (Lipinski definition) is 5. The lowest BCUT2D eigenvalue weighted by atomic mass is 10.2. The highest BCUT2D eigenvalue weighted by molar-refractivity contribution is 7.09. The van der Waals surface area contributed by atoms with Crippen LogP contribution in [0.1, 0.15) is 45.9 Å². The maximum atomic E-state index is 10.9. The van der Waals surface area contributed by atoms with E-state index in [4.69, 9.17) is 5.11 Å². The van der Waals surface area contributed by atoms with Gasteiger partial charge in [0.25, 0.3) is 0 Å². The van der Waals surface area contributed by atoms with Crippen LogP contribution >= 0.6 is 11.5 Å². The smallest absolute Gasteiger partial charge is 0.323 e. The summed E-state index contributed by atoms with van der Waals surface area (Å²) in [7, 11) is 0. The van der Waals surface area contributed by atoms with Crippen molar-refractivity contribution >= 4 is 22.6 Å². The highest BCUT2D eigenvalue weighted by atomic mass is 32.1. The Kier molecular flexibility index (Phi) is 4.86. The lowest BCUT2D eigenvalue weighted by Gasteiger charge is -2.25. The molecule has 1 unspecified atom stereocenters. The van der Waals surface area contributed by atoms with Gasteiger partial charge in [-0.15, -0.1) is 0 Å². The van der Waals surface area contributed by atoms with E-state index >= 15 is 0 Å². The highest BCUT2D eigenvalue weighted by Crippen LogP contribution is 2.23. The van der Waals surface area contributed by atoms with Crippen molar-refractivity contribution in [2.45, 2.75) is 46.1 Å². The zero-order valence-corrected chi connectivity index (χ0v) is 11.5. The van der Waals surface area contributed by atoms with Crippen molar-refractivity contribution in [1.29, 1.82) is 0 Å². The first-order chi connectivity index (χ1) is 7.95. The first kappa shape index (κ1) is 13.9. The molecule has 0 aromatic carbocycles. The fourth-order valence-electron chi connectivity index (χ4n) is 1.36. The third-order valence-corrected chi connectivity index (χ3v) is 3.39. The van der Waals surface area contributed by atoms with Crippen LogP contribution in [0.25, 0.3) is 0 Å². The molecule has 0 spiro atoms. The summed E-state index contributed by atoms with van der Waals surface area (Å²) in [5.74, 6) is 0.207. The zero-order valence-electron chi connectivity index (χ0n) is 10.7. The van der Waals surface area contributed by atoms with Gasteiger partial charge in [-0.1, -0.05) is 20.8 Å². The summed E-state index contributed by atoms with van der Waals surface area (Å²) in [4.78, 5) is 17.1. The second kappa shape index (κ2) is 5.95. The van der Waals surface area contributed by atoms with Crippen LogP contribution in [0, 0.1) is 0 Å². The summed E-state index contributed by atoms with van der Waals surface area (Å²) in [5, 5.41) is 9.62. The standard InChI is InChI=1S/C11H19N3O2S/c1-5-8(4)14(6-9(15)16)11-12-10(7(2)3)13-17-11/h7-8H,5-6H2,1-4H3,(H,15,16). The fourth-order valence-corrected chi connectivity index (χ4v) is 2.27. The van der Waals surface area contributed by atoms with Crippen molar-refractivity contribution < 1.29 is 9.90 Å². The minimum atomic E-state index is -0.841. The number of aromatic nitrogens is 2. The molecule has 1 atom stereocenters. The molecule has 17 heavy (non-hydrogen) atoms. The van der Waals surface area contributed by atoms with Crippen LogP contribution in [0.4, 0.5) is 5.13 Å².